The Morgan fingerprint density at radius 1 is 1.07 bits per heavy atom. The van der Waals surface area contributed by atoms with Crippen molar-refractivity contribution in [2.45, 2.75) is 0 Å². The Hall–Kier alpha value is -3.42. The summed E-state index contributed by atoms with van der Waals surface area (Å²) in [6, 6.07) is 9.45. The van der Waals surface area contributed by atoms with Crippen LogP contribution in [0.1, 0.15) is 10.5 Å². The van der Waals surface area contributed by atoms with Crippen LogP contribution < -0.4 is 14.8 Å². The number of hydrogen-bond donors (Lipinski definition) is 1. The molecule has 1 N–H and O–H groups in total. The van der Waals surface area contributed by atoms with Crippen molar-refractivity contribution in [2.24, 2.45) is 7.05 Å². The van der Waals surface area contributed by atoms with Crippen molar-refractivity contribution >= 4 is 11.6 Å². The van der Waals surface area contributed by atoms with Crippen LogP contribution in [-0.2, 0) is 7.05 Å². The summed E-state index contributed by atoms with van der Waals surface area (Å²) in [6.07, 6.45) is 0. The summed E-state index contributed by atoms with van der Waals surface area (Å²) in [5.41, 5.74) is 0.727. The highest BCUT2D eigenvalue weighted by atomic mass is 19.1. The molecule has 0 spiro atoms. The number of carbonyl (C=O) groups excluding carboxylic acids is 1. The zero-order valence-electron chi connectivity index (χ0n) is 14.9. The van der Waals surface area contributed by atoms with Crippen molar-refractivity contribution in [1.82, 2.24) is 9.78 Å². The number of anilines is 1. The van der Waals surface area contributed by atoms with Gasteiger partial charge in [0.05, 0.1) is 25.6 Å². The van der Waals surface area contributed by atoms with Gasteiger partial charge in [-0.1, -0.05) is 0 Å². The van der Waals surface area contributed by atoms with Gasteiger partial charge < -0.3 is 14.8 Å². The Bertz CT molecular complexity index is 1000. The number of benzene rings is 2. The number of ether oxygens (including phenoxy) is 2. The second-order valence-electron chi connectivity index (χ2n) is 5.68. The standard InChI is InChI=1S/C19H17F2N3O3/c1-24-17(13-8-11(20)4-6-14(13)21)10-16(23-24)19(25)22-15-9-12(26-2)5-7-18(15)27-3/h4-10H,1-3H3,(H,22,25). The predicted molar refractivity (Wildman–Crippen MR) is 96.1 cm³/mol. The lowest BCUT2D eigenvalue weighted by atomic mass is 10.1. The van der Waals surface area contributed by atoms with Gasteiger partial charge in [0.1, 0.15) is 23.1 Å². The summed E-state index contributed by atoms with van der Waals surface area (Å²) >= 11 is 0. The van der Waals surface area contributed by atoms with Gasteiger partial charge in [-0.05, 0) is 36.4 Å². The Labute approximate surface area is 154 Å². The topological polar surface area (TPSA) is 65.4 Å². The van der Waals surface area contributed by atoms with Crippen molar-refractivity contribution < 1.29 is 23.0 Å². The fraction of sp³-hybridized carbons (Fsp3) is 0.158. The van der Waals surface area contributed by atoms with Crippen LogP contribution in [-0.4, -0.2) is 29.9 Å². The molecule has 8 heteroatoms. The number of methoxy groups -OCH3 is 2. The molecule has 2 aromatic carbocycles. The maximum atomic E-state index is 14.0. The Balaban J connectivity index is 1.92. The number of nitrogens with zero attached hydrogens (tertiary/aromatic N) is 2. The van der Waals surface area contributed by atoms with E-state index in [0.717, 1.165) is 18.2 Å². The minimum Gasteiger partial charge on any atom is -0.497 e. The van der Waals surface area contributed by atoms with Crippen LogP contribution in [0.15, 0.2) is 42.5 Å². The number of aryl methyl sites for hydroxylation is 1. The smallest absolute Gasteiger partial charge is 0.276 e. The molecule has 0 fully saturated rings. The fourth-order valence-corrected chi connectivity index (χ4v) is 2.62. The molecular formula is C19H17F2N3O3. The van der Waals surface area contributed by atoms with Gasteiger partial charge in [0, 0.05) is 18.7 Å². The predicted octanol–water partition coefficient (Wildman–Crippen LogP) is 3.63. The van der Waals surface area contributed by atoms with Gasteiger partial charge in [-0.2, -0.15) is 5.10 Å². The summed E-state index contributed by atoms with van der Waals surface area (Å²) in [5, 5.41) is 6.78. The molecule has 3 rings (SSSR count). The molecule has 3 aromatic rings. The lowest BCUT2D eigenvalue weighted by Gasteiger charge is -2.10. The molecule has 0 radical (unpaired) electrons. The average molecular weight is 373 g/mol. The normalized spacial score (nSPS) is 10.6. The third kappa shape index (κ3) is 3.74. The first-order chi connectivity index (χ1) is 12.9. The van der Waals surface area contributed by atoms with Crippen LogP contribution in [0, 0.1) is 11.6 Å². The summed E-state index contributed by atoms with van der Waals surface area (Å²) in [6.45, 7) is 0. The van der Waals surface area contributed by atoms with Gasteiger partial charge in [0.25, 0.3) is 5.91 Å². The third-order valence-corrected chi connectivity index (χ3v) is 3.97. The van der Waals surface area contributed by atoms with E-state index in [1.165, 1.54) is 25.0 Å². The van der Waals surface area contributed by atoms with Gasteiger partial charge in [-0.25, -0.2) is 8.78 Å². The van der Waals surface area contributed by atoms with E-state index in [9.17, 15) is 13.6 Å². The molecule has 1 aromatic heterocycles. The quantitative estimate of drug-likeness (QED) is 0.742. The second kappa shape index (κ2) is 7.45. The van der Waals surface area contributed by atoms with E-state index in [1.54, 1.807) is 25.2 Å². The van der Waals surface area contributed by atoms with Crippen molar-refractivity contribution in [3.8, 4) is 22.8 Å². The van der Waals surface area contributed by atoms with Gasteiger partial charge in [0.2, 0.25) is 0 Å². The van der Waals surface area contributed by atoms with Gasteiger partial charge in [-0.3, -0.25) is 9.48 Å². The van der Waals surface area contributed by atoms with Crippen molar-refractivity contribution in [1.29, 1.82) is 0 Å². The lowest BCUT2D eigenvalue weighted by molar-refractivity contribution is 0.102. The summed E-state index contributed by atoms with van der Waals surface area (Å²) < 4.78 is 39.2. The van der Waals surface area contributed by atoms with E-state index < -0.39 is 17.5 Å². The molecule has 0 aliphatic rings. The highest BCUT2D eigenvalue weighted by Crippen LogP contribution is 2.30. The monoisotopic (exact) mass is 373 g/mol. The summed E-state index contributed by atoms with van der Waals surface area (Å²) in [4.78, 5) is 12.6. The molecule has 27 heavy (non-hydrogen) atoms. The molecule has 1 amide bonds. The number of nitrogens with one attached hydrogen (secondary N) is 1. The number of amides is 1. The summed E-state index contributed by atoms with van der Waals surface area (Å²) in [5.74, 6) is -0.744. The van der Waals surface area contributed by atoms with Crippen molar-refractivity contribution in [3.05, 3.63) is 59.8 Å². The molecule has 0 aliphatic heterocycles. The fourth-order valence-electron chi connectivity index (χ4n) is 2.62. The molecular weight excluding hydrogens is 356 g/mol. The lowest BCUT2D eigenvalue weighted by Crippen LogP contribution is -2.13. The number of aromatic nitrogens is 2. The molecule has 6 nitrogen and oxygen atoms in total. The molecule has 0 aliphatic carbocycles. The number of halogens is 2. The number of rotatable bonds is 5. The molecule has 0 bridgehead atoms. The van der Waals surface area contributed by atoms with Gasteiger partial charge in [0.15, 0.2) is 5.69 Å². The first-order valence-electron chi connectivity index (χ1n) is 7.95. The van der Waals surface area contributed by atoms with E-state index in [-0.39, 0.29) is 17.0 Å². The summed E-state index contributed by atoms with van der Waals surface area (Å²) in [7, 11) is 4.53. The van der Waals surface area contributed by atoms with Crippen molar-refractivity contribution in [2.75, 3.05) is 19.5 Å². The maximum absolute atomic E-state index is 14.0. The van der Waals surface area contributed by atoms with Crippen LogP contribution in [0.4, 0.5) is 14.5 Å². The molecule has 0 unspecified atom stereocenters. The first kappa shape index (κ1) is 18.4. The Morgan fingerprint density at radius 3 is 2.56 bits per heavy atom. The second-order valence-corrected chi connectivity index (χ2v) is 5.68. The minimum atomic E-state index is -0.610. The van der Waals surface area contributed by atoms with Crippen LogP contribution in [0.2, 0.25) is 0 Å². The zero-order chi connectivity index (χ0) is 19.6. The zero-order valence-corrected chi connectivity index (χ0v) is 14.9. The minimum absolute atomic E-state index is 0.0167. The molecule has 1 heterocycles. The van der Waals surface area contributed by atoms with Crippen LogP contribution >= 0.6 is 0 Å². The average Bonchev–Trinajstić information content (AvgIpc) is 3.05. The maximum Gasteiger partial charge on any atom is 0.276 e. The van der Waals surface area contributed by atoms with E-state index in [0.29, 0.717) is 17.2 Å². The van der Waals surface area contributed by atoms with E-state index in [1.807, 2.05) is 0 Å². The van der Waals surface area contributed by atoms with Crippen LogP contribution in [0.25, 0.3) is 11.3 Å². The van der Waals surface area contributed by atoms with E-state index in [2.05, 4.69) is 10.4 Å². The van der Waals surface area contributed by atoms with Gasteiger partial charge >= 0.3 is 0 Å². The molecule has 0 saturated heterocycles. The third-order valence-electron chi connectivity index (χ3n) is 3.97. The number of carbonyl (C=O) groups is 1. The molecule has 0 saturated carbocycles. The number of hydrogen-bond acceptors (Lipinski definition) is 4. The molecule has 140 valence electrons. The largest absolute Gasteiger partial charge is 0.497 e. The van der Waals surface area contributed by atoms with E-state index >= 15 is 0 Å². The highest BCUT2D eigenvalue weighted by Gasteiger charge is 2.18. The highest BCUT2D eigenvalue weighted by molar-refractivity contribution is 6.04. The Kier molecular flexibility index (Phi) is 5.07. The SMILES string of the molecule is COc1ccc(OC)c(NC(=O)c2cc(-c3cc(F)ccc3F)n(C)n2)c1. The van der Waals surface area contributed by atoms with Crippen LogP contribution in [0.3, 0.4) is 0 Å². The van der Waals surface area contributed by atoms with Crippen molar-refractivity contribution in [3.63, 3.8) is 0 Å². The van der Waals surface area contributed by atoms with Crippen LogP contribution in [0.5, 0.6) is 11.5 Å². The Morgan fingerprint density at radius 2 is 1.85 bits per heavy atom. The first-order valence-corrected chi connectivity index (χ1v) is 7.95. The van der Waals surface area contributed by atoms with E-state index in [4.69, 9.17) is 9.47 Å². The molecule has 0 atom stereocenters. The van der Waals surface area contributed by atoms with Gasteiger partial charge in [-0.15, -0.1) is 0 Å².